The molecule has 3 aromatic rings. The molecular formula is C31H38FN3O4S. The summed E-state index contributed by atoms with van der Waals surface area (Å²) in [6, 6.07) is 18.3. The second-order valence-corrected chi connectivity index (χ2v) is 12.0. The molecule has 0 aliphatic heterocycles. The summed E-state index contributed by atoms with van der Waals surface area (Å²) < 4.78 is 42.4. The molecule has 0 spiro atoms. The van der Waals surface area contributed by atoms with E-state index in [0.29, 0.717) is 17.8 Å². The van der Waals surface area contributed by atoms with E-state index in [1.807, 2.05) is 39.8 Å². The van der Waals surface area contributed by atoms with Crippen LogP contribution in [0.3, 0.4) is 0 Å². The summed E-state index contributed by atoms with van der Waals surface area (Å²) in [5.74, 6) is -1.10. The first-order valence-corrected chi connectivity index (χ1v) is 14.9. The lowest BCUT2D eigenvalue weighted by atomic mass is 10.0. The van der Waals surface area contributed by atoms with Crippen LogP contribution in [0.5, 0.6) is 0 Å². The average molecular weight is 568 g/mol. The van der Waals surface area contributed by atoms with E-state index in [0.717, 1.165) is 21.9 Å². The zero-order chi connectivity index (χ0) is 29.4. The van der Waals surface area contributed by atoms with E-state index in [9.17, 15) is 22.4 Å². The van der Waals surface area contributed by atoms with Crippen molar-refractivity contribution in [2.75, 3.05) is 17.4 Å². The third-order valence-electron chi connectivity index (χ3n) is 6.72. The summed E-state index contributed by atoms with van der Waals surface area (Å²) in [6.45, 7) is 9.38. The van der Waals surface area contributed by atoms with Crippen LogP contribution in [-0.2, 0) is 26.2 Å². The van der Waals surface area contributed by atoms with E-state index in [1.165, 1.54) is 41.3 Å². The van der Waals surface area contributed by atoms with Gasteiger partial charge in [0.25, 0.3) is 10.0 Å². The van der Waals surface area contributed by atoms with Crippen LogP contribution in [0.15, 0.2) is 77.7 Å². The lowest BCUT2D eigenvalue weighted by Gasteiger charge is -2.32. The number of hydrogen-bond acceptors (Lipinski definition) is 4. The van der Waals surface area contributed by atoms with Crippen molar-refractivity contribution in [2.45, 2.75) is 64.4 Å². The number of amides is 2. The topological polar surface area (TPSA) is 86.8 Å². The molecular weight excluding hydrogens is 529 g/mol. The molecule has 40 heavy (non-hydrogen) atoms. The maximum Gasteiger partial charge on any atom is 0.264 e. The highest BCUT2D eigenvalue weighted by atomic mass is 32.2. The normalized spacial score (nSPS) is 12.2. The van der Waals surface area contributed by atoms with Crippen LogP contribution in [0.1, 0.15) is 56.7 Å². The number of carbonyl (C=O) groups excluding carboxylic acids is 2. The first-order chi connectivity index (χ1) is 18.9. The Balaban J connectivity index is 2.03. The molecule has 0 aliphatic carbocycles. The van der Waals surface area contributed by atoms with Crippen LogP contribution >= 0.6 is 0 Å². The second kappa shape index (κ2) is 13.6. The van der Waals surface area contributed by atoms with E-state index >= 15 is 0 Å². The van der Waals surface area contributed by atoms with Crippen molar-refractivity contribution in [1.82, 2.24) is 10.2 Å². The molecule has 214 valence electrons. The standard InChI is InChI=1S/C31H38FN3O4S/c1-6-19-33-31(37)24(5)34(20-25-9-13-27(32)14-10-25)30(36)21-35(28-15-11-26(12-16-28)22(2)3)40(38,39)29-17-7-23(4)8-18-29/h7-18,22,24H,6,19-21H2,1-5H3,(H,33,37)/t24-/m1/s1. The van der Waals surface area contributed by atoms with Gasteiger partial charge in [0.2, 0.25) is 11.8 Å². The fraction of sp³-hybridized carbons (Fsp3) is 0.355. The lowest BCUT2D eigenvalue weighted by molar-refractivity contribution is -0.139. The Morgan fingerprint density at radius 3 is 2.05 bits per heavy atom. The van der Waals surface area contributed by atoms with Gasteiger partial charge in [-0.3, -0.25) is 13.9 Å². The van der Waals surface area contributed by atoms with Crippen molar-refractivity contribution in [3.8, 4) is 0 Å². The quantitative estimate of drug-likeness (QED) is 0.318. The maximum atomic E-state index is 13.9. The number of benzene rings is 3. The van der Waals surface area contributed by atoms with E-state index in [1.54, 1.807) is 31.2 Å². The highest BCUT2D eigenvalue weighted by Gasteiger charge is 2.32. The van der Waals surface area contributed by atoms with Gasteiger partial charge >= 0.3 is 0 Å². The molecule has 0 saturated heterocycles. The maximum absolute atomic E-state index is 13.9. The third-order valence-corrected chi connectivity index (χ3v) is 8.51. The van der Waals surface area contributed by atoms with Crippen LogP contribution < -0.4 is 9.62 Å². The Labute approximate surface area is 237 Å². The van der Waals surface area contributed by atoms with Crippen molar-refractivity contribution in [1.29, 1.82) is 0 Å². The van der Waals surface area contributed by atoms with E-state index in [-0.39, 0.29) is 23.3 Å². The molecule has 7 nitrogen and oxygen atoms in total. The second-order valence-electron chi connectivity index (χ2n) is 10.2. The van der Waals surface area contributed by atoms with Crippen LogP contribution in [-0.4, -0.2) is 44.3 Å². The number of nitrogens with one attached hydrogen (secondary N) is 1. The van der Waals surface area contributed by atoms with Crippen molar-refractivity contribution >= 4 is 27.5 Å². The zero-order valence-corrected chi connectivity index (χ0v) is 24.5. The fourth-order valence-electron chi connectivity index (χ4n) is 4.16. The van der Waals surface area contributed by atoms with Crippen molar-refractivity contribution in [3.05, 3.63) is 95.3 Å². The van der Waals surface area contributed by atoms with Crippen molar-refractivity contribution in [2.24, 2.45) is 0 Å². The summed E-state index contributed by atoms with van der Waals surface area (Å²) in [6.07, 6.45) is 0.722. The molecule has 0 radical (unpaired) electrons. The van der Waals surface area contributed by atoms with Gasteiger partial charge in [-0.15, -0.1) is 0 Å². The Kier molecular flexibility index (Phi) is 10.5. The highest BCUT2D eigenvalue weighted by Crippen LogP contribution is 2.27. The Morgan fingerprint density at radius 2 is 1.50 bits per heavy atom. The Bertz CT molecular complexity index is 1390. The fourth-order valence-corrected chi connectivity index (χ4v) is 5.57. The molecule has 2 amide bonds. The number of rotatable bonds is 12. The van der Waals surface area contributed by atoms with Crippen molar-refractivity contribution < 1.29 is 22.4 Å². The van der Waals surface area contributed by atoms with Gasteiger partial charge in [0, 0.05) is 13.1 Å². The summed E-state index contributed by atoms with van der Waals surface area (Å²) in [5.41, 5.74) is 2.88. The lowest BCUT2D eigenvalue weighted by Crippen LogP contribution is -2.51. The summed E-state index contributed by atoms with van der Waals surface area (Å²) in [7, 11) is -4.14. The first-order valence-electron chi connectivity index (χ1n) is 13.4. The number of sulfonamides is 1. The van der Waals surface area contributed by atoms with Gasteiger partial charge in [-0.2, -0.15) is 0 Å². The van der Waals surface area contributed by atoms with Gasteiger partial charge in [0.05, 0.1) is 10.6 Å². The minimum absolute atomic E-state index is 0.00450. The van der Waals surface area contributed by atoms with E-state index < -0.39 is 34.3 Å². The summed E-state index contributed by atoms with van der Waals surface area (Å²) in [5, 5.41) is 2.80. The molecule has 0 bridgehead atoms. The first kappa shape index (κ1) is 30.8. The van der Waals surface area contributed by atoms with Crippen LogP contribution in [0.25, 0.3) is 0 Å². The number of hydrogen-bond donors (Lipinski definition) is 1. The molecule has 3 rings (SSSR count). The number of halogens is 1. The predicted molar refractivity (Wildman–Crippen MR) is 156 cm³/mol. The monoisotopic (exact) mass is 567 g/mol. The SMILES string of the molecule is CCCNC(=O)[C@@H](C)N(Cc1ccc(F)cc1)C(=O)CN(c1ccc(C(C)C)cc1)S(=O)(=O)c1ccc(C)cc1. The number of aryl methyl sites for hydroxylation is 1. The molecule has 3 aromatic carbocycles. The van der Waals surface area contributed by atoms with Gasteiger partial charge in [-0.25, -0.2) is 12.8 Å². The Morgan fingerprint density at radius 1 is 0.900 bits per heavy atom. The molecule has 0 fully saturated rings. The smallest absolute Gasteiger partial charge is 0.264 e. The van der Waals surface area contributed by atoms with Gasteiger partial charge in [0.15, 0.2) is 0 Å². The molecule has 0 unspecified atom stereocenters. The highest BCUT2D eigenvalue weighted by molar-refractivity contribution is 7.92. The summed E-state index contributed by atoms with van der Waals surface area (Å²) in [4.78, 5) is 28.2. The number of nitrogens with zero attached hydrogens (tertiary/aromatic N) is 2. The van der Waals surface area contributed by atoms with Gasteiger partial charge < -0.3 is 10.2 Å². The molecule has 0 aromatic heterocycles. The van der Waals surface area contributed by atoms with E-state index in [4.69, 9.17) is 0 Å². The summed E-state index contributed by atoms with van der Waals surface area (Å²) >= 11 is 0. The van der Waals surface area contributed by atoms with Crippen LogP contribution in [0.2, 0.25) is 0 Å². The average Bonchev–Trinajstić information content (AvgIpc) is 2.94. The molecule has 0 aliphatic rings. The van der Waals surface area contributed by atoms with Gasteiger partial charge in [-0.05, 0) is 73.7 Å². The van der Waals surface area contributed by atoms with Gasteiger partial charge in [-0.1, -0.05) is 62.7 Å². The molecule has 1 atom stereocenters. The molecule has 9 heteroatoms. The minimum atomic E-state index is -4.14. The van der Waals surface area contributed by atoms with E-state index in [2.05, 4.69) is 5.32 Å². The Hall–Kier alpha value is -3.72. The predicted octanol–water partition coefficient (Wildman–Crippen LogP) is 5.40. The third kappa shape index (κ3) is 7.69. The minimum Gasteiger partial charge on any atom is -0.354 e. The molecule has 0 heterocycles. The molecule has 1 N–H and O–H groups in total. The number of anilines is 1. The zero-order valence-electron chi connectivity index (χ0n) is 23.7. The number of carbonyl (C=O) groups is 2. The van der Waals surface area contributed by atoms with Crippen molar-refractivity contribution in [3.63, 3.8) is 0 Å². The van der Waals surface area contributed by atoms with Crippen LogP contribution in [0, 0.1) is 12.7 Å². The van der Waals surface area contributed by atoms with Gasteiger partial charge in [0.1, 0.15) is 18.4 Å². The molecule has 0 saturated carbocycles. The van der Waals surface area contributed by atoms with Crippen LogP contribution in [0.4, 0.5) is 10.1 Å². The largest absolute Gasteiger partial charge is 0.354 e.